The molecule has 1 saturated heterocycles. The average molecular weight is 543 g/mol. The summed E-state index contributed by atoms with van der Waals surface area (Å²) in [5.74, 6) is 2.46. The summed E-state index contributed by atoms with van der Waals surface area (Å²) in [6, 6.07) is 25.9. The van der Waals surface area contributed by atoms with Gasteiger partial charge in [-0.1, -0.05) is 54.6 Å². The van der Waals surface area contributed by atoms with E-state index in [4.69, 9.17) is 18.9 Å². The molecule has 0 spiro atoms. The van der Waals surface area contributed by atoms with Crippen molar-refractivity contribution in [2.45, 2.75) is 30.5 Å². The van der Waals surface area contributed by atoms with Crippen LogP contribution in [-0.4, -0.2) is 68.8 Å². The third kappa shape index (κ3) is 4.77. The van der Waals surface area contributed by atoms with Gasteiger partial charge in [-0.05, 0) is 41.0 Å². The second kappa shape index (κ2) is 11.2. The van der Waals surface area contributed by atoms with Crippen LogP contribution >= 0.6 is 0 Å². The first kappa shape index (κ1) is 26.2. The van der Waals surface area contributed by atoms with Crippen LogP contribution in [0.2, 0.25) is 0 Å². The van der Waals surface area contributed by atoms with Gasteiger partial charge < -0.3 is 39.6 Å². The Kier molecular flexibility index (Phi) is 7.34. The minimum atomic E-state index is -0.979. The summed E-state index contributed by atoms with van der Waals surface area (Å²) in [7, 11) is 3.30. The molecule has 0 saturated carbocycles. The van der Waals surface area contributed by atoms with Crippen molar-refractivity contribution in [3.8, 4) is 11.5 Å². The van der Waals surface area contributed by atoms with Crippen molar-refractivity contribution >= 4 is 6.21 Å². The summed E-state index contributed by atoms with van der Waals surface area (Å²) in [5.41, 5.74) is 2.77. The Balaban J connectivity index is 1.33. The molecule has 3 heterocycles. The SMILES string of the molecule is COc1ccc(C(OC[C@H]2O[C@@H](N3CNC4=C3NCN=C4)C[C@@H]2O)(c2ccccc2)c2ccc(OC)cc2)cc1. The predicted octanol–water partition coefficient (Wildman–Crippen LogP) is 3.15. The number of benzene rings is 3. The average Bonchev–Trinajstić information content (AvgIpc) is 3.61. The molecule has 208 valence electrons. The third-order valence-corrected chi connectivity index (χ3v) is 7.73. The van der Waals surface area contributed by atoms with Crippen LogP contribution in [-0.2, 0) is 15.1 Å². The zero-order valence-corrected chi connectivity index (χ0v) is 22.6. The van der Waals surface area contributed by atoms with E-state index in [1.165, 1.54) is 0 Å². The molecule has 3 aliphatic rings. The molecule has 3 aromatic carbocycles. The summed E-state index contributed by atoms with van der Waals surface area (Å²) in [4.78, 5) is 6.36. The Morgan fingerprint density at radius 3 is 2.15 bits per heavy atom. The number of methoxy groups -OCH3 is 2. The highest BCUT2D eigenvalue weighted by atomic mass is 16.6. The topological polar surface area (TPSA) is 96.8 Å². The summed E-state index contributed by atoms with van der Waals surface area (Å²) >= 11 is 0. The number of nitrogens with one attached hydrogen (secondary N) is 2. The minimum Gasteiger partial charge on any atom is -0.497 e. The monoisotopic (exact) mass is 542 g/mol. The molecule has 40 heavy (non-hydrogen) atoms. The van der Waals surface area contributed by atoms with Crippen molar-refractivity contribution in [1.82, 2.24) is 15.5 Å². The van der Waals surface area contributed by atoms with Crippen LogP contribution in [0.25, 0.3) is 0 Å². The van der Waals surface area contributed by atoms with E-state index >= 15 is 0 Å². The van der Waals surface area contributed by atoms with Crippen LogP contribution in [0.4, 0.5) is 0 Å². The van der Waals surface area contributed by atoms with Crippen LogP contribution in [0.1, 0.15) is 23.1 Å². The molecular weight excluding hydrogens is 508 g/mol. The van der Waals surface area contributed by atoms with E-state index in [1.807, 2.05) is 72.9 Å². The molecule has 0 aliphatic carbocycles. The molecule has 0 bridgehead atoms. The van der Waals surface area contributed by atoms with Crippen LogP contribution in [0.3, 0.4) is 0 Å². The maximum absolute atomic E-state index is 11.1. The first-order valence-corrected chi connectivity index (χ1v) is 13.4. The van der Waals surface area contributed by atoms with Crippen molar-refractivity contribution in [3.05, 3.63) is 107 Å². The van der Waals surface area contributed by atoms with Crippen molar-refractivity contribution in [2.75, 3.05) is 34.2 Å². The third-order valence-electron chi connectivity index (χ3n) is 7.73. The van der Waals surface area contributed by atoms with E-state index in [-0.39, 0.29) is 12.8 Å². The fraction of sp³-hybridized carbons (Fsp3) is 0.323. The Hall–Kier alpha value is -4.05. The number of aliphatic hydroxyl groups is 1. The lowest BCUT2D eigenvalue weighted by molar-refractivity contribution is -0.105. The summed E-state index contributed by atoms with van der Waals surface area (Å²) in [6.45, 7) is 1.27. The smallest absolute Gasteiger partial charge is 0.143 e. The molecule has 9 heteroatoms. The number of aliphatic imine (C=N–C) groups is 1. The van der Waals surface area contributed by atoms with Gasteiger partial charge in [-0.25, -0.2) is 0 Å². The molecule has 3 atom stereocenters. The highest BCUT2D eigenvalue weighted by Crippen LogP contribution is 2.42. The molecule has 9 nitrogen and oxygen atoms in total. The molecule has 1 fully saturated rings. The lowest BCUT2D eigenvalue weighted by Gasteiger charge is -2.37. The molecule has 0 amide bonds. The van der Waals surface area contributed by atoms with Gasteiger partial charge in [0, 0.05) is 6.42 Å². The van der Waals surface area contributed by atoms with Crippen LogP contribution in [0.15, 0.2) is 95.4 Å². The first-order valence-electron chi connectivity index (χ1n) is 13.4. The van der Waals surface area contributed by atoms with Crippen molar-refractivity contribution in [3.63, 3.8) is 0 Å². The van der Waals surface area contributed by atoms with Crippen LogP contribution < -0.4 is 20.1 Å². The van der Waals surface area contributed by atoms with Gasteiger partial charge in [0.15, 0.2) is 0 Å². The lowest BCUT2D eigenvalue weighted by atomic mass is 9.80. The number of hydrogen-bond acceptors (Lipinski definition) is 9. The molecule has 0 aromatic heterocycles. The fourth-order valence-corrected chi connectivity index (χ4v) is 5.63. The Morgan fingerprint density at radius 1 is 0.900 bits per heavy atom. The quantitative estimate of drug-likeness (QED) is 0.355. The van der Waals surface area contributed by atoms with Crippen LogP contribution in [0, 0.1) is 0 Å². The Morgan fingerprint density at radius 2 is 1.52 bits per heavy atom. The Bertz CT molecular complexity index is 1310. The van der Waals surface area contributed by atoms with E-state index in [0.29, 0.717) is 19.8 Å². The molecule has 0 unspecified atom stereocenters. The fourth-order valence-electron chi connectivity index (χ4n) is 5.63. The van der Waals surface area contributed by atoms with Gasteiger partial charge in [0.2, 0.25) is 0 Å². The van der Waals surface area contributed by atoms with Crippen molar-refractivity contribution < 1.29 is 24.1 Å². The van der Waals surface area contributed by atoms with Gasteiger partial charge >= 0.3 is 0 Å². The second-order valence-electron chi connectivity index (χ2n) is 9.96. The molecule has 3 aliphatic heterocycles. The number of allylic oxidation sites excluding steroid dienone is 1. The van der Waals surface area contributed by atoms with E-state index in [0.717, 1.165) is 39.7 Å². The molecular formula is C31H34N4O5. The number of aliphatic hydroxyl groups excluding tert-OH is 1. The van der Waals surface area contributed by atoms with Crippen molar-refractivity contribution in [2.24, 2.45) is 4.99 Å². The van der Waals surface area contributed by atoms with E-state index in [9.17, 15) is 5.11 Å². The highest BCUT2D eigenvalue weighted by Gasteiger charge is 2.44. The zero-order valence-electron chi connectivity index (χ0n) is 22.6. The maximum atomic E-state index is 11.1. The number of nitrogens with zero attached hydrogens (tertiary/aromatic N) is 2. The van der Waals surface area contributed by atoms with Gasteiger partial charge in [0.25, 0.3) is 0 Å². The summed E-state index contributed by atoms with van der Waals surface area (Å²) in [5, 5.41) is 17.8. The molecule has 3 N–H and O–H groups in total. The number of rotatable bonds is 9. The molecule has 0 radical (unpaired) electrons. The lowest BCUT2D eigenvalue weighted by Crippen LogP contribution is -2.40. The van der Waals surface area contributed by atoms with Crippen LogP contribution in [0.5, 0.6) is 11.5 Å². The summed E-state index contributed by atoms with van der Waals surface area (Å²) in [6.07, 6.45) is 0.791. The van der Waals surface area contributed by atoms with Gasteiger partial charge in [0.1, 0.15) is 41.9 Å². The van der Waals surface area contributed by atoms with Crippen molar-refractivity contribution in [1.29, 1.82) is 0 Å². The van der Waals surface area contributed by atoms with Gasteiger partial charge in [-0.3, -0.25) is 4.99 Å². The summed E-state index contributed by atoms with van der Waals surface area (Å²) < 4.78 is 24.3. The first-order chi connectivity index (χ1) is 19.6. The van der Waals surface area contributed by atoms with E-state index in [1.54, 1.807) is 14.2 Å². The number of hydrogen-bond donors (Lipinski definition) is 3. The molecule has 3 aromatic rings. The maximum Gasteiger partial charge on any atom is 0.143 e. The molecule has 6 rings (SSSR count). The van der Waals surface area contributed by atoms with Gasteiger partial charge in [0.05, 0.1) is 45.5 Å². The normalized spacial score (nSPS) is 22.1. The second-order valence-corrected chi connectivity index (χ2v) is 9.96. The van der Waals surface area contributed by atoms with E-state index < -0.39 is 17.8 Å². The minimum absolute atomic E-state index is 0.173. The Labute approximate surface area is 234 Å². The van der Waals surface area contributed by atoms with Gasteiger partial charge in [-0.2, -0.15) is 0 Å². The zero-order chi connectivity index (χ0) is 27.5. The predicted molar refractivity (Wildman–Crippen MR) is 151 cm³/mol. The standard InChI is InChI=1S/C31H34N4O5/c1-37-24-12-8-22(9-13-24)31(21-6-4-3-5-7-21,23-10-14-25(38-2)15-11-23)39-18-28-27(36)16-29(40-28)35-20-34-26-17-32-19-33-30(26)35/h3-15,17,27-29,33-34,36H,16,18-20H2,1-2H3/t27-,28+,29+/m0/s1. The highest BCUT2D eigenvalue weighted by molar-refractivity contribution is 5.80. The largest absolute Gasteiger partial charge is 0.497 e. The van der Waals surface area contributed by atoms with E-state index in [2.05, 4.69) is 32.7 Å². The van der Waals surface area contributed by atoms with Gasteiger partial charge in [-0.15, -0.1) is 0 Å². The number of ether oxygens (including phenoxy) is 4.